The monoisotopic (exact) mass is 321 g/mol. The number of carbonyl (C=O) groups is 1. The Kier molecular flexibility index (Phi) is 5.88. The van der Waals surface area contributed by atoms with Crippen LogP contribution in [-0.4, -0.2) is 41.4 Å². The van der Waals surface area contributed by atoms with Crippen molar-refractivity contribution in [1.82, 2.24) is 4.90 Å². The summed E-state index contributed by atoms with van der Waals surface area (Å²) in [7, 11) is 0. The molecule has 0 radical (unpaired) electrons. The molecule has 1 amide bonds. The van der Waals surface area contributed by atoms with Crippen molar-refractivity contribution < 1.29 is 19.4 Å². The lowest BCUT2D eigenvalue weighted by Gasteiger charge is -2.33. The van der Waals surface area contributed by atoms with Gasteiger partial charge < -0.3 is 19.5 Å². The number of aliphatic hydroxyl groups is 1. The first-order valence-electron chi connectivity index (χ1n) is 8.18. The van der Waals surface area contributed by atoms with Crippen molar-refractivity contribution in [1.29, 1.82) is 0 Å². The van der Waals surface area contributed by atoms with Crippen LogP contribution in [0, 0.1) is 5.92 Å². The number of ether oxygens (including phenoxy) is 2. The van der Waals surface area contributed by atoms with Gasteiger partial charge in [0, 0.05) is 13.1 Å². The van der Waals surface area contributed by atoms with Crippen LogP contribution < -0.4 is 4.74 Å². The number of likely N-dealkylation sites (tertiary alicyclic amines) is 1. The lowest BCUT2D eigenvalue weighted by Crippen LogP contribution is -2.42. The summed E-state index contributed by atoms with van der Waals surface area (Å²) < 4.78 is 11.2. The second kappa shape index (κ2) is 7.68. The predicted octanol–water partition coefficient (Wildman–Crippen LogP) is 3.20. The van der Waals surface area contributed by atoms with Crippen LogP contribution >= 0.6 is 0 Å². The van der Waals surface area contributed by atoms with Crippen LogP contribution in [0.4, 0.5) is 4.79 Å². The topological polar surface area (TPSA) is 59.0 Å². The van der Waals surface area contributed by atoms with E-state index in [0.717, 1.165) is 24.2 Å². The standard InChI is InChI=1S/C18H27NO4/c1-18(2,3)23-17(21)19-9-7-14(8-10-19)13-22-16-6-4-5-15(11-16)12-20/h4-6,11,14,20H,7-10,12-13H2,1-3H3. The molecule has 0 aliphatic carbocycles. The molecule has 1 aromatic rings. The quantitative estimate of drug-likeness (QED) is 0.925. The Hall–Kier alpha value is -1.75. The maximum Gasteiger partial charge on any atom is 0.410 e. The average Bonchev–Trinajstić information content (AvgIpc) is 2.52. The first-order chi connectivity index (χ1) is 10.9. The highest BCUT2D eigenvalue weighted by molar-refractivity contribution is 5.68. The van der Waals surface area contributed by atoms with Gasteiger partial charge in [-0.05, 0) is 57.2 Å². The normalized spacial score (nSPS) is 16.3. The van der Waals surface area contributed by atoms with Gasteiger partial charge in [-0.3, -0.25) is 0 Å². The fourth-order valence-electron chi connectivity index (χ4n) is 2.56. The van der Waals surface area contributed by atoms with E-state index >= 15 is 0 Å². The van der Waals surface area contributed by atoms with E-state index in [2.05, 4.69) is 0 Å². The van der Waals surface area contributed by atoms with Gasteiger partial charge in [0.15, 0.2) is 0 Å². The number of piperidine rings is 1. The molecule has 0 atom stereocenters. The third-order valence-corrected chi connectivity index (χ3v) is 3.83. The van der Waals surface area contributed by atoms with Crippen molar-refractivity contribution in [3.63, 3.8) is 0 Å². The smallest absolute Gasteiger partial charge is 0.410 e. The van der Waals surface area contributed by atoms with Crippen molar-refractivity contribution in [3.8, 4) is 5.75 Å². The zero-order valence-corrected chi connectivity index (χ0v) is 14.2. The SMILES string of the molecule is CC(C)(C)OC(=O)N1CCC(COc2cccc(CO)c2)CC1. The molecule has 1 heterocycles. The summed E-state index contributed by atoms with van der Waals surface area (Å²) in [5.74, 6) is 1.22. The van der Waals surface area contributed by atoms with Crippen LogP contribution in [0.25, 0.3) is 0 Å². The minimum atomic E-state index is -0.450. The van der Waals surface area contributed by atoms with E-state index in [0.29, 0.717) is 25.6 Å². The lowest BCUT2D eigenvalue weighted by molar-refractivity contribution is 0.0165. The minimum Gasteiger partial charge on any atom is -0.493 e. The Morgan fingerprint density at radius 1 is 1.30 bits per heavy atom. The van der Waals surface area contributed by atoms with Gasteiger partial charge in [0.1, 0.15) is 11.4 Å². The van der Waals surface area contributed by atoms with Crippen LogP contribution in [0.1, 0.15) is 39.2 Å². The van der Waals surface area contributed by atoms with E-state index in [1.54, 1.807) is 4.90 Å². The van der Waals surface area contributed by atoms with Gasteiger partial charge >= 0.3 is 6.09 Å². The van der Waals surface area contributed by atoms with Gasteiger partial charge in [-0.1, -0.05) is 12.1 Å². The number of amides is 1. The highest BCUT2D eigenvalue weighted by Crippen LogP contribution is 2.21. The van der Waals surface area contributed by atoms with E-state index in [-0.39, 0.29) is 12.7 Å². The summed E-state index contributed by atoms with van der Waals surface area (Å²) in [6.07, 6.45) is 1.60. The molecule has 1 aliphatic rings. The van der Waals surface area contributed by atoms with Crippen LogP contribution in [0.15, 0.2) is 24.3 Å². The molecule has 0 spiro atoms. The number of carbonyl (C=O) groups excluding carboxylic acids is 1. The van der Waals surface area contributed by atoms with Crippen molar-refractivity contribution in [3.05, 3.63) is 29.8 Å². The molecule has 1 saturated heterocycles. The largest absolute Gasteiger partial charge is 0.493 e. The average molecular weight is 321 g/mol. The van der Waals surface area contributed by atoms with Gasteiger partial charge in [-0.25, -0.2) is 4.79 Å². The van der Waals surface area contributed by atoms with Crippen molar-refractivity contribution in [2.45, 2.75) is 45.8 Å². The maximum atomic E-state index is 12.0. The zero-order valence-electron chi connectivity index (χ0n) is 14.2. The highest BCUT2D eigenvalue weighted by Gasteiger charge is 2.27. The summed E-state index contributed by atoms with van der Waals surface area (Å²) in [6.45, 7) is 7.71. The summed E-state index contributed by atoms with van der Waals surface area (Å²) >= 11 is 0. The second-order valence-electron chi connectivity index (χ2n) is 7.03. The molecule has 0 saturated carbocycles. The fraction of sp³-hybridized carbons (Fsp3) is 0.611. The van der Waals surface area contributed by atoms with Crippen molar-refractivity contribution in [2.75, 3.05) is 19.7 Å². The van der Waals surface area contributed by atoms with E-state index < -0.39 is 5.60 Å². The molecule has 1 aliphatic heterocycles. The Morgan fingerprint density at radius 2 is 2.00 bits per heavy atom. The number of hydrogen-bond donors (Lipinski definition) is 1. The molecule has 1 N–H and O–H groups in total. The third kappa shape index (κ3) is 5.75. The summed E-state index contributed by atoms with van der Waals surface area (Å²) in [5, 5.41) is 9.14. The third-order valence-electron chi connectivity index (χ3n) is 3.83. The summed E-state index contributed by atoms with van der Waals surface area (Å²) in [5.41, 5.74) is 0.400. The van der Waals surface area contributed by atoms with E-state index in [9.17, 15) is 4.79 Å². The Morgan fingerprint density at radius 3 is 2.61 bits per heavy atom. The second-order valence-corrected chi connectivity index (χ2v) is 7.03. The van der Waals surface area contributed by atoms with Crippen LogP contribution in [0.2, 0.25) is 0 Å². The molecule has 23 heavy (non-hydrogen) atoms. The number of benzene rings is 1. The molecule has 128 valence electrons. The van der Waals surface area contributed by atoms with Gasteiger partial charge in [-0.2, -0.15) is 0 Å². The molecule has 0 unspecified atom stereocenters. The maximum absolute atomic E-state index is 12.0. The van der Waals surface area contributed by atoms with E-state index in [1.807, 2.05) is 45.0 Å². The minimum absolute atomic E-state index is 0.0193. The Bertz CT molecular complexity index is 516. The highest BCUT2D eigenvalue weighted by atomic mass is 16.6. The van der Waals surface area contributed by atoms with Crippen LogP contribution in [-0.2, 0) is 11.3 Å². The molecule has 2 rings (SSSR count). The van der Waals surface area contributed by atoms with Crippen LogP contribution in [0.5, 0.6) is 5.75 Å². The molecular weight excluding hydrogens is 294 g/mol. The van der Waals surface area contributed by atoms with Gasteiger partial charge in [0.25, 0.3) is 0 Å². The van der Waals surface area contributed by atoms with E-state index in [1.165, 1.54) is 0 Å². The van der Waals surface area contributed by atoms with Gasteiger partial charge in [0.05, 0.1) is 13.2 Å². The molecule has 1 fully saturated rings. The van der Waals surface area contributed by atoms with Crippen molar-refractivity contribution in [2.24, 2.45) is 5.92 Å². The first-order valence-corrected chi connectivity index (χ1v) is 8.18. The molecule has 1 aromatic carbocycles. The Balaban J connectivity index is 1.75. The lowest BCUT2D eigenvalue weighted by atomic mass is 9.98. The molecule has 5 heteroatoms. The van der Waals surface area contributed by atoms with Crippen molar-refractivity contribution >= 4 is 6.09 Å². The summed E-state index contributed by atoms with van der Waals surface area (Å²) in [6, 6.07) is 7.50. The molecule has 5 nitrogen and oxygen atoms in total. The number of hydrogen-bond acceptors (Lipinski definition) is 4. The first kappa shape index (κ1) is 17.6. The summed E-state index contributed by atoms with van der Waals surface area (Å²) in [4.78, 5) is 13.8. The zero-order chi connectivity index (χ0) is 16.9. The number of rotatable bonds is 4. The fourth-order valence-corrected chi connectivity index (χ4v) is 2.56. The molecular formula is C18H27NO4. The van der Waals surface area contributed by atoms with E-state index in [4.69, 9.17) is 14.6 Å². The number of nitrogens with zero attached hydrogens (tertiary/aromatic N) is 1. The van der Waals surface area contributed by atoms with Gasteiger partial charge in [-0.15, -0.1) is 0 Å². The molecule has 0 aromatic heterocycles. The van der Waals surface area contributed by atoms with Gasteiger partial charge in [0.2, 0.25) is 0 Å². The predicted molar refractivity (Wildman–Crippen MR) is 88.4 cm³/mol. The molecule has 0 bridgehead atoms. The Labute approximate surface area is 138 Å². The number of aliphatic hydroxyl groups excluding tert-OH is 1. The van der Waals surface area contributed by atoms with Crippen LogP contribution in [0.3, 0.4) is 0 Å².